The van der Waals surface area contributed by atoms with Crippen LogP contribution >= 0.6 is 0 Å². The molecule has 112 valence electrons. The van der Waals surface area contributed by atoms with Gasteiger partial charge in [0.15, 0.2) is 0 Å². The summed E-state index contributed by atoms with van der Waals surface area (Å²) in [7, 11) is 0. The third-order valence-electron chi connectivity index (χ3n) is 6.47. The maximum absolute atomic E-state index is 12.8. The molecule has 0 radical (unpaired) electrons. The highest BCUT2D eigenvalue weighted by Gasteiger charge is 2.58. The lowest BCUT2D eigenvalue weighted by molar-refractivity contribution is -0.155. The fourth-order valence-corrected chi connectivity index (χ4v) is 6.02. The Morgan fingerprint density at radius 3 is 2.45 bits per heavy atom. The molecule has 2 N–H and O–H groups in total. The van der Waals surface area contributed by atoms with E-state index in [1.807, 2.05) is 0 Å². The van der Waals surface area contributed by atoms with Gasteiger partial charge in [0.2, 0.25) is 5.91 Å². The first-order chi connectivity index (χ1) is 9.48. The summed E-state index contributed by atoms with van der Waals surface area (Å²) in [6, 6.07) is 0. The van der Waals surface area contributed by atoms with Crippen LogP contribution in [0.15, 0.2) is 0 Å². The maximum Gasteiger partial charge on any atom is 0.226 e. The number of nitrogens with one attached hydrogen (secondary N) is 1. The van der Waals surface area contributed by atoms with Gasteiger partial charge in [0.1, 0.15) is 0 Å². The fraction of sp³-hybridized carbons (Fsp3) is 0.941. The highest BCUT2D eigenvalue weighted by molar-refractivity contribution is 5.83. The predicted octanol–water partition coefficient (Wildman–Crippen LogP) is 2.48. The fourth-order valence-electron chi connectivity index (χ4n) is 6.02. The predicted molar refractivity (Wildman–Crippen MR) is 77.0 cm³/mol. The van der Waals surface area contributed by atoms with E-state index in [-0.39, 0.29) is 17.4 Å². The van der Waals surface area contributed by atoms with Crippen LogP contribution < -0.4 is 5.32 Å². The van der Waals surface area contributed by atoms with E-state index >= 15 is 0 Å². The molecular weight excluding hydrogens is 250 g/mol. The molecule has 0 aromatic heterocycles. The Balaban J connectivity index is 1.45. The van der Waals surface area contributed by atoms with Crippen molar-refractivity contribution in [2.24, 2.45) is 28.6 Å². The topological polar surface area (TPSA) is 49.3 Å². The summed E-state index contributed by atoms with van der Waals surface area (Å²) in [5, 5.41) is 13.0. The standard InChI is InChI=1S/C17H27NO2/c1-16-5-11-4-12(6-16)8-17(7-11,10-16)15(20)18-9-14(19)13-2-3-13/h11-14,19H,2-10H2,1H3,(H,18,20). The Labute approximate surface area is 121 Å². The molecule has 20 heavy (non-hydrogen) atoms. The molecule has 3 atom stereocenters. The minimum atomic E-state index is -0.316. The first kappa shape index (κ1) is 13.1. The third kappa shape index (κ3) is 2.09. The van der Waals surface area contributed by atoms with Crippen LogP contribution in [0.2, 0.25) is 0 Å². The third-order valence-corrected chi connectivity index (χ3v) is 6.47. The van der Waals surface area contributed by atoms with Crippen molar-refractivity contribution in [1.82, 2.24) is 5.32 Å². The van der Waals surface area contributed by atoms with Crippen LogP contribution in [0.1, 0.15) is 58.3 Å². The molecule has 3 nitrogen and oxygen atoms in total. The Morgan fingerprint density at radius 2 is 1.90 bits per heavy atom. The maximum atomic E-state index is 12.8. The first-order valence-electron chi connectivity index (χ1n) is 8.44. The SMILES string of the molecule is CC12CC3CC(C1)CC(C(=O)NCC(O)C1CC1)(C3)C2. The van der Waals surface area contributed by atoms with Crippen molar-refractivity contribution in [3.05, 3.63) is 0 Å². The molecule has 3 unspecified atom stereocenters. The summed E-state index contributed by atoms with van der Waals surface area (Å²) < 4.78 is 0. The second-order valence-electron chi connectivity index (χ2n) is 8.67. The molecule has 1 amide bonds. The zero-order chi connectivity index (χ0) is 14.0. The molecule has 0 aromatic rings. The van der Waals surface area contributed by atoms with Gasteiger partial charge in [-0.1, -0.05) is 6.92 Å². The Hall–Kier alpha value is -0.570. The van der Waals surface area contributed by atoms with E-state index in [9.17, 15) is 9.90 Å². The van der Waals surface area contributed by atoms with Crippen LogP contribution in [-0.4, -0.2) is 23.7 Å². The van der Waals surface area contributed by atoms with Gasteiger partial charge in [0.25, 0.3) is 0 Å². The summed E-state index contributed by atoms with van der Waals surface area (Å²) >= 11 is 0. The van der Waals surface area contributed by atoms with Crippen LogP contribution in [-0.2, 0) is 4.79 Å². The van der Waals surface area contributed by atoms with E-state index in [2.05, 4.69) is 12.2 Å². The average Bonchev–Trinajstić information content (AvgIpc) is 3.16. The number of amides is 1. The molecule has 0 heterocycles. The summed E-state index contributed by atoms with van der Waals surface area (Å²) in [6.07, 6.45) is 9.26. The largest absolute Gasteiger partial charge is 0.391 e. The molecule has 5 fully saturated rings. The zero-order valence-electron chi connectivity index (χ0n) is 12.5. The van der Waals surface area contributed by atoms with E-state index in [1.54, 1.807) is 0 Å². The van der Waals surface area contributed by atoms with Crippen molar-refractivity contribution in [2.75, 3.05) is 6.54 Å². The lowest BCUT2D eigenvalue weighted by Gasteiger charge is -2.60. The minimum absolute atomic E-state index is 0.0951. The number of hydrogen-bond acceptors (Lipinski definition) is 2. The van der Waals surface area contributed by atoms with Crippen LogP contribution in [0.4, 0.5) is 0 Å². The van der Waals surface area contributed by atoms with Crippen molar-refractivity contribution in [2.45, 2.75) is 64.4 Å². The Kier molecular flexibility index (Phi) is 2.77. The van der Waals surface area contributed by atoms with Crippen molar-refractivity contribution < 1.29 is 9.90 Å². The molecule has 5 rings (SSSR count). The van der Waals surface area contributed by atoms with Gasteiger partial charge in [-0.2, -0.15) is 0 Å². The monoisotopic (exact) mass is 277 g/mol. The van der Waals surface area contributed by atoms with E-state index in [0.29, 0.717) is 17.9 Å². The van der Waals surface area contributed by atoms with Crippen molar-refractivity contribution >= 4 is 5.91 Å². The quantitative estimate of drug-likeness (QED) is 0.829. The van der Waals surface area contributed by atoms with Gasteiger partial charge < -0.3 is 10.4 Å². The number of carbonyl (C=O) groups is 1. The van der Waals surface area contributed by atoms with Crippen molar-refractivity contribution in [3.8, 4) is 0 Å². The number of aliphatic hydroxyl groups is 1. The highest BCUT2D eigenvalue weighted by Crippen LogP contribution is 2.65. The molecular formula is C17H27NO2. The van der Waals surface area contributed by atoms with Gasteiger partial charge in [0, 0.05) is 6.54 Å². The van der Waals surface area contributed by atoms with Crippen LogP contribution in [0, 0.1) is 28.6 Å². The highest BCUT2D eigenvalue weighted by atomic mass is 16.3. The number of aliphatic hydroxyl groups excluding tert-OH is 1. The first-order valence-corrected chi connectivity index (χ1v) is 8.44. The van der Waals surface area contributed by atoms with Crippen LogP contribution in [0.3, 0.4) is 0 Å². The zero-order valence-corrected chi connectivity index (χ0v) is 12.5. The second-order valence-corrected chi connectivity index (χ2v) is 8.67. The number of rotatable bonds is 4. The summed E-state index contributed by atoms with van der Waals surface area (Å²) in [5.74, 6) is 2.25. The summed E-state index contributed by atoms with van der Waals surface area (Å²) in [5.41, 5.74) is 0.318. The van der Waals surface area contributed by atoms with Gasteiger partial charge in [-0.25, -0.2) is 0 Å². The molecule has 0 saturated heterocycles. The molecule has 0 spiro atoms. The van der Waals surface area contributed by atoms with E-state index in [4.69, 9.17) is 0 Å². The molecule has 0 aliphatic heterocycles. The van der Waals surface area contributed by atoms with Gasteiger partial charge >= 0.3 is 0 Å². The Bertz CT molecular complexity index is 415. The average molecular weight is 277 g/mol. The lowest BCUT2D eigenvalue weighted by Crippen LogP contribution is -2.57. The lowest BCUT2D eigenvalue weighted by atomic mass is 9.44. The molecule has 5 aliphatic carbocycles. The van der Waals surface area contributed by atoms with Gasteiger partial charge in [0.05, 0.1) is 11.5 Å². The van der Waals surface area contributed by atoms with E-state index in [1.165, 1.54) is 19.3 Å². The van der Waals surface area contributed by atoms with Gasteiger partial charge in [-0.15, -0.1) is 0 Å². The normalized spacial score (nSPS) is 47.3. The number of hydrogen-bond donors (Lipinski definition) is 2. The van der Waals surface area contributed by atoms with Crippen LogP contribution in [0.5, 0.6) is 0 Å². The smallest absolute Gasteiger partial charge is 0.226 e. The molecule has 0 aromatic carbocycles. The van der Waals surface area contributed by atoms with Gasteiger partial charge in [-0.3, -0.25) is 4.79 Å². The molecule has 5 aliphatic rings. The Morgan fingerprint density at radius 1 is 1.25 bits per heavy atom. The molecule has 5 saturated carbocycles. The summed E-state index contributed by atoms with van der Waals surface area (Å²) in [4.78, 5) is 12.8. The van der Waals surface area contributed by atoms with Crippen molar-refractivity contribution in [1.29, 1.82) is 0 Å². The summed E-state index contributed by atoms with van der Waals surface area (Å²) in [6.45, 7) is 2.86. The van der Waals surface area contributed by atoms with Gasteiger partial charge in [-0.05, 0) is 74.5 Å². The molecule has 3 heteroatoms. The number of carbonyl (C=O) groups excluding carboxylic acids is 1. The second kappa shape index (κ2) is 4.22. The van der Waals surface area contributed by atoms with E-state index < -0.39 is 0 Å². The van der Waals surface area contributed by atoms with E-state index in [0.717, 1.165) is 43.9 Å². The van der Waals surface area contributed by atoms with Crippen molar-refractivity contribution in [3.63, 3.8) is 0 Å². The minimum Gasteiger partial charge on any atom is -0.391 e. The van der Waals surface area contributed by atoms with Crippen LogP contribution in [0.25, 0.3) is 0 Å². The molecule has 4 bridgehead atoms.